The zero-order valence-electron chi connectivity index (χ0n) is 21.8. The number of carbonyl (C=O) groups is 1. The van der Waals surface area contributed by atoms with Gasteiger partial charge in [-0.2, -0.15) is 13.2 Å². The first-order chi connectivity index (χ1) is 19.7. The number of hydrogen-bond acceptors (Lipinski definition) is 5. The highest BCUT2D eigenvalue weighted by atomic mass is 35.5. The molecule has 0 aliphatic heterocycles. The number of nitrogens with one attached hydrogen (secondary N) is 2. The SMILES string of the molecule is Cc1ccc(S(=O)(=O)N(CC(=O)Nc2ccc(S(=O)(=O)Nc3cccc(C(F)(F)F)c3)cc2)c2ccccc2Cl)cc1. The molecule has 2 N–H and O–H groups in total. The summed E-state index contributed by atoms with van der Waals surface area (Å²) < 4.78 is 94.4. The van der Waals surface area contributed by atoms with Crippen molar-refractivity contribution in [3.8, 4) is 0 Å². The van der Waals surface area contributed by atoms with Crippen molar-refractivity contribution in [3.63, 3.8) is 0 Å². The topological polar surface area (TPSA) is 113 Å². The van der Waals surface area contributed by atoms with Gasteiger partial charge in [0, 0.05) is 11.4 Å². The number of alkyl halides is 3. The third-order valence-corrected chi connectivity index (χ3v) is 9.40. The van der Waals surface area contributed by atoms with Gasteiger partial charge >= 0.3 is 6.18 Å². The van der Waals surface area contributed by atoms with Crippen molar-refractivity contribution < 1.29 is 34.8 Å². The molecule has 8 nitrogen and oxygen atoms in total. The van der Waals surface area contributed by atoms with Gasteiger partial charge < -0.3 is 5.32 Å². The molecule has 14 heteroatoms. The molecule has 0 saturated heterocycles. The van der Waals surface area contributed by atoms with E-state index in [0.717, 1.165) is 34.1 Å². The van der Waals surface area contributed by atoms with Crippen molar-refractivity contribution in [1.29, 1.82) is 0 Å². The Bertz CT molecular complexity index is 1820. The molecule has 4 aromatic rings. The molecule has 0 spiro atoms. The number of amides is 1. The van der Waals surface area contributed by atoms with Gasteiger partial charge in [0.15, 0.2) is 0 Å². The Kier molecular flexibility index (Phi) is 8.85. The van der Waals surface area contributed by atoms with E-state index in [-0.39, 0.29) is 31.9 Å². The molecule has 0 radical (unpaired) electrons. The molecule has 0 aliphatic carbocycles. The van der Waals surface area contributed by atoms with E-state index >= 15 is 0 Å². The smallest absolute Gasteiger partial charge is 0.325 e. The van der Waals surface area contributed by atoms with Crippen molar-refractivity contribution in [2.75, 3.05) is 20.9 Å². The van der Waals surface area contributed by atoms with Crippen LogP contribution >= 0.6 is 11.6 Å². The molecular weight excluding hydrogens is 615 g/mol. The normalized spacial score (nSPS) is 12.0. The molecule has 0 bridgehead atoms. The molecule has 220 valence electrons. The van der Waals surface area contributed by atoms with Gasteiger partial charge in [0.2, 0.25) is 5.91 Å². The van der Waals surface area contributed by atoms with Crippen LogP contribution in [0.4, 0.5) is 30.2 Å². The fraction of sp³-hybridized carbons (Fsp3) is 0.107. The fourth-order valence-corrected chi connectivity index (χ4v) is 6.59. The highest BCUT2D eigenvalue weighted by Gasteiger charge is 2.31. The van der Waals surface area contributed by atoms with E-state index in [1.54, 1.807) is 31.2 Å². The molecule has 0 aliphatic rings. The van der Waals surface area contributed by atoms with Gasteiger partial charge in [-0.1, -0.05) is 47.5 Å². The fourth-order valence-electron chi connectivity index (χ4n) is 3.81. The van der Waals surface area contributed by atoms with Crippen LogP contribution in [0.3, 0.4) is 0 Å². The van der Waals surface area contributed by atoms with Gasteiger partial charge in [-0.15, -0.1) is 0 Å². The van der Waals surface area contributed by atoms with E-state index in [2.05, 4.69) is 10.0 Å². The molecular formula is C28H23ClF3N3O5S2. The van der Waals surface area contributed by atoms with Gasteiger partial charge in [-0.3, -0.25) is 13.8 Å². The summed E-state index contributed by atoms with van der Waals surface area (Å²) in [4.78, 5) is 12.7. The monoisotopic (exact) mass is 637 g/mol. The highest BCUT2D eigenvalue weighted by Crippen LogP contribution is 2.32. The molecule has 0 fully saturated rings. The van der Waals surface area contributed by atoms with Crippen LogP contribution in [0, 0.1) is 6.92 Å². The third-order valence-electron chi connectivity index (χ3n) is 5.91. The summed E-state index contributed by atoms with van der Waals surface area (Å²) in [6, 6.07) is 20.7. The first-order valence-electron chi connectivity index (χ1n) is 12.1. The minimum Gasteiger partial charge on any atom is -0.325 e. The predicted molar refractivity (Wildman–Crippen MR) is 154 cm³/mol. The van der Waals surface area contributed by atoms with Gasteiger partial charge in [0.25, 0.3) is 20.0 Å². The van der Waals surface area contributed by atoms with Crippen molar-refractivity contribution in [2.45, 2.75) is 22.9 Å². The summed E-state index contributed by atoms with van der Waals surface area (Å²) in [5.74, 6) is -0.747. The maximum Gasteiger partial charge on any atom is 0.416 e. The van der Waals surface area contributed by atoms with E-state index in [9.17, 15) is 34.8 Å². The second kappa shape index (κ2) is 12.0. The van der Waals surface area contributed by atoms with Crippen LogP contribution in [-0.4, -0.2) is 29.3 Å². The Morgan fingerprint density at radius 2 is 1.43 bits per heavy atom. The lowest BCUT2D eigenvalue weighted by Gasteiger charge is -2.25. The molecule has 0 unspecified atom stereocenters. The number of carbonyl (C=O) groups excluding carboxylic acids is 1. The summed E-state index contributed by atoms with van der Waals surface area (Å²) in [5, 5.41) is 2.62. The Balaban J connectivity index is 1.52. The molecule has 0 aromatic heterocycles. The number of anilines is 3. The summed E-state index contributed by atoms with van der Waals surface area (Å²) in [7, 11) is -8.48. The maximum atomic E-state index is 13.5. The summed E-state index contributed by atoms with van der Waals surface area (Å²) in [6.45, 7) is 1.14. The number of sulfonamides is 2. The molecule has 4 rings (SSSR count). The third kappa shape index (κ3) is 7.22. The second-order valence-electron chi connectivity index (χ2n) is 9.03. The number of rotatable bonds is 9. The van der Waals surface area contributed by atoms with E-state index in [1.165, 1.54) is 42.5 Å². The number of hydrogen-bond donors (Lipinski definition) is 2. The quantitative estimate of drug-likeness (QED) is 0.224. The minimum atomic E-state index is -4.65. The van der Waals surface area contributed by atoms with Crippen LogP contribution in [0.15, 0.2) is 107 Å². The lowest BCUT2D eigenvalue weighted by Crippen LogP contribution is -2.38. The van der Waals surface area contributed by atoms with Gasteiger partial charge in [0.05, 0.1) is 26.1 Å². The maximum absolute atomic E-state index is 13.5. The van der Waals surface area contributed by atoms with Crippen molar-refractivity contribution in [2.24, 2.45) is 0 Å². The van der Waals surface area contributed by atoms with Crippen LogP contribution in [0.25, 0.3) is 0 Å². The molecule has 4 aromatic carbocycles. The van der Waals surface area contributed by atoms with Crippen molar-refractivity contribution in [3.05, 3.63) is 113 Å². The largest absolute Gasteiger partial charge is 0.416 e. The van der Waals surface area contributed by atoms with Crippen LogP contribution in [0.1, 0.15) is 11.1 Å². The Morgan fingerprint density at radius 1 is 0.810 bits per heavy atom. The summed E-state index contributed by atoms with van der Waals surface area (Å²) in [5.41, 5.74) is -0.235. The molecule has 42 heavy (non-hydrogen) atoms. The van der Waals surface area contributed by atoms with Crippen LogP contribution in [0.2, 0.25) is 5.02 Å². The standard InChI is InChI=1S/C28H23ClF3N3O5S2/c1-19-9-13-24(14-10-19)42(39,40)35(26-8-3-2-7-25(26)29)18-27(36)33-21-11-15-23(16-12-21)41(37,38)34-22-6-4-5-20(17-22)28(30,31)32/h2-17,34H,18H2,1H3,(H,33,36). The van der Waals surface area contributed by atoms with Crippen molar-refractivity contribution >= 4 is 54.6 Å². The van der Waals surface area contributed by atoms with Crippen molar-refractivity contribution in [1.82, 2.24) is 0 Å². The van der Waals surface area contributed by atoms with Crippen LogP contribution in [-0.2, 0) is 31.0 Å². The predicted octanol–water partition coefficient (Wildman–Crippen LogP) is 6.30. The van der Waals surface area contributed by atoms with Gasteiger partial charge in [-0.05, 0) is 73.7 Å². The van der Waals surface area contributed by atoms with E-state index in [4.69, 9.17) is 11.6 Å². The van der Waals surface area contributed by atoms with E-state index < -0.39 is 44.2 Å². The molecule has 0 heterocycles. The van der Waals surface area contributed by atoms with Crippen LogP contribution < -0.4 is 14.3 Å². The van der Waals surface area contributed by atoms with E-state index in [1.807, 2.05) is 0 Å². The molecule has 0 atom stereocenters. The number of nitrogens with zero attached hydrogens (tertiary/aromatic N) is 1. The van der Waals surface area contributed by atoms with Gasteiger partial charge in [-0.25, -0.2) is 16.8 Å². The lowest BCUT2D eigenvalue weighted by molar-refractivity contribution is -0.137. The highest BCUT2D eigenvalue weighted by molar-refractivity contribution is 7.93. The Hall–Kier alpha value is -4.07. The Labute approximate surface area is 245 Å². The number of halogens is 4. The van der Waals surface area contributed by atoms with Gasteiger partial charge in [0.1, 0.15) is 6.54 Å². The molecule has 0 saturated carbocycles. The lowest BCUT2D eigenvalue weighted by atomic mass is 10.2. The summed E-state index contributed by atoms with van der Waals surface area (Å²) >= 11 is 6.27. The van der Waals surface area contributed by atoms with Crippen LogP contribution in [0.5, 0.6) is 0 Å². The molecule has 1 amide bonds. The average Bonchev–Trinajstić information content (AvgIpc) is 2.92. The zero-order chi connectivity index (χ0) is 30.7. The number of benzene rings is 4. The first-order valence-corrected chi connectivity index (χ1v) is 15.4. The van der Waals surface area contributed by atoms with E-state index in [0.29, 0.717) is 6.07 Å². The average molecular weight is 638 g/mol. The summed E-state index contributed by atoms with van der Waals surface area (Å²) in [6.07, 6.45) is -4.65. The number of aryl methyl sites for hydroxylation is 1. The number of para-hydroxylation sites is 1. The second-order valence-corrected chi connectivity index (χ2v) is 13.0. The first kappa shape index (κ1) is 30.9. The minimum absolute atomic E-state index is 0.0522. The Morgan fingerprint density at radius 3 is 2.05 bits per heavy atom. The zero-order valence-corrected chi connectivity index (χ0v) is 24.2.